The first-order valence-corrected chi connectivity index (χ1v) is 4.64. The van der Waals surface area contributed by atoms with Crippen LogP contribution in [0.25, 0.3) is 0 Å². The molecule has 0 saturated heterocycles. The predicted molar refractivity (Wildman–Crippen MR) is 56.6 cm³/mol. The monoisotopic (exact) mass is 201 g/mol. The van der Waals surface area contributed by atoms with E-state index in [1.54, 1.807) is 0 Å². The van der Waals surface area contributed by atoms with Crippen LogP contribution in [0, 0.1) is 0 Å². The van der Waals surface area contributed by atoms with Crippen LogP contribution in [0.3, 0.4) is 0 Å². The Morgan fingerprint density at radius 3 is 2.57 bits per heavy atom. The van der Waals surface area contributed by atoms with Crippen LogP contribution in [0.15, 0.2) is 4.99 Å². The molecular formula is C8H19N5O. The highest BCUT2D eigenvalue weighted by Crippen LogP contribution is 1.78. The highest BCUT2D eigenvalue weighted by Gasteiger charge is 2.02. The van der Waals surface area contributed by atoms with Gasteiger partial charge in [0.2, 0.25) is 11.9 Å². The topological polar surface area (TPSA) is 91.5 Å². The third-order valence-corrected chi connectivity index (χ3v) is 1.31. The number of aliphatic imine (C=N–C) groups is 1. The van der Waals surface area contributed by atoms with Crippen molar-refractivity contribution in [2.75, 3.05) is 13.1 Å². The fourth-order valence-corrected chi connectivity index (χ4v) is 0.839. The van der Waals surface area contributed by atoms with Gasteiger partial charge in [0.05, 0.1) is 0 Å². The fraction of sp³-hybridized carbons (Fsp3) is 0.750. The zero-order valence-corrected chi connectivity index (χ0v) is 8.92. The average molecular weight is 201 g/mol. The van der Waals surface area contributed by atoms with E-state index in [9.17, 15) is 4.79 Å². The van der Waals surface area contributed by atoms with Crippen molar-refractivity contribution < 1.29 is 4.79 Å². The standard InChI is InChI=1S/C8H19N5O/c1-4-10-8(13-9)11-5-7(14)12-6(2)3/h6H,4-5,9H2,1-3H3,(H,12,14)(H2,10,11,13). The number of nitrogens with zero attached hydrogens (tertiary/aromatic N) is 1. The first-order chi connectivity index (χ1) is 6.60. The Labute approximate surface area is 84.3 Å². The number of carbonyl (C=O) groups is 1. The van der Waals surface area contributed by atoms with Gasteiger partial charge in [-0.25, -0.2) is 10.8 Å². The van der Waals surface area contributed by atoms with Gasteiger partial charge < -0.3 is 10.6 Å². The summed E-state index contributed by atoms with van der Waals surface area (Å²) < 4.78 is 0. The molecule has 0 aliphatic carbocycles. The number of carbonyl (C=O) groups excluding carboxylic acids is 1. The van der Waals surface area contributed by atoms with Crippen molar-refractivity contribution in [1.82, 2.24) is 16.1 Å². The van der Waals surface area contributed by atoms with Gasteiger partial charge in [0.25, 0.3) is 0 Å². The summed E-state index contributed by atoms with van der Waals surface area (Å²) in [5, 5.41) is 5.60. The molecule has 0 aliphatic rings. The summed E-state index contributed by atoms with van der Waals surface area (Å²) in [4.78, 5) is 15.1. The molecule has 0 radical (unpaired) electrons. The zero-order valence-electron chi connectivity index (χ0n) is 8.92. The van der Waals surface area contributed by atoms with E-state index in [0.29, 0.717) is 12.5 Å². The molecule has 0 atom stereocenters. The van der Waals surface area contributed by atoms with Crippen molar-refractivity contribution in [2.24, 2.45) is 10.8 Å². The summed E-state index contributed by atoms with van der Waals surface area (Å²) in [5.41, 5.74) is 2.37. The molecule has 5 N–H and O–H groups in total. The van der Waals surface area contributed by atoms with Crippen LogP contribution in [-0.4, -0.2) is 31.0 Å². The van der Waals surface area contributed by atoms with Crippen molar-refractivity contribution in [3.05, 3.63) is 0 Å². The summed E-state index contributed by atoms with van der Waals surface area (Å²) in [6, 6.07) is 0.131. The second-order valence-corrected chi connectivity index (χ2v) is 3.06. The lowest BCUT2D eigenvalue weighted by Gasteiger charge is -2.08. The molecule has 0 aromatic carbocycles. The van der Waals surface area contributed by atoms with E-state index < -0.39 is 0 Å². The Morgan fingerprint density at radius 1 is 1.50 bits per heavy atom. The van der Waals surface area contributed by atoms with Crippen molar-refractivity contribution >= 4 is 11.9 Å². The molecule has 0 rings (SSSR count). The van der Waals surface area contributed by atoms with Crippen LogP contribution in [0.5, 0.6) is 0 Å². The summed E-state index contributed by atoms with van der Waals surface area (Å²) in [6.45, 7) is 6.49. The number of hydrogen-bond donors (Lipinski definition) is 4. The number of amides is 1. The van der Waals surface area contributed by atoms with Crippen molar-refractivity contribution in [3.8, 4) is 0 Å². The highest BCUT2D eigenvalue weighted by molar-refractivity contribution is 5.84. The molecule has 0 aromatic rings. The van der Waals surface area contributed by atoms with Crippen LogP contribution in [0.2, 0.25) is 0 Å². The summed E-state index contributed by atoms with van der Waals surface area (Å²) in [6.07, 6.45) is 0. The smallest absolute Gasteiger partial charge is 0.242 e. The lowest BCUT2D eigenvalue weighted by atomic mass is 10.4. The van der Waals surface area contributed by atoms with Crippen LogP contribution < -0.4 is 21.9 Å². The van der Waals surface area contributed by atoms with Crippen LogP contribution in [-0.2, 0) is 4.79 Å². The maximum atomic E-state index is 11.2. The van der Waals surface area contributed by atoms with Crippen molar-refractivity contribution in [2.45, 2.75) is 26.8 Å². The van der Waals surface area contributed by atoms with E-state index >= 15 is 0 Å². The van der Waals surface area contributed by atoms with Gasteiger partial charge in [0.1, 0.15) is 6.54 Å². The van der Waals surface area contributed by atoms with Crippen molar-refractivity contribution in [1.29, 1.82) is 0 Å². The Balaban J connectivity index is 3.92. The minimum atomic E-state index is -0.120. The predicted octanol–water partition coefficient (Wildman–Crippen LogP) is -1.06. The number of nitrogens with one attached hydrogen (secondary N) is 3. The SMILES string of the molecule is CCNC(=NCC(=O)NC(C)C)NN. The van der Waals surface area contributed by atoms with Gasteiger partial charge in [0, 0.05) is 12.6 Å². The van der Waals surface area contributed by atoms with Gasteiger partial charge in [-0.15, -0.1) is 0 Å². The Bertz CT molecular complexity index is 202. The normalized spacial score (nSPS) is 11.4. The molecule has 0 aromatic heterocycles. The third-order valence-electron chi connectivity index (χ3n) is 1.31. The summed E-state index contributed by atoms with van der Waals surface area (Å²) >= 11 is 0. The summed E-state index contributed by atoms with van der Waals surface area (Å²) in [5.74, 6) is 5.47. The Kier molecular flexibility index (Phi) is 6.47. The summed E-state index contributed by atoms with van der Waals surface area (Å²) in [7, 11) is 0. The number of nitrogens with two attached hydrogens (primary N) is 1. The molecule has 6 nitrogen and oxygen atoms in total. The van der Waals surface area contributed by atoms with Gasteiger partial charge in [0.15, 0.2) is 0 Å². The lowest BCUT2D eigenvalue weighted by molar-refractivity contribution is -0.120. The Morgan fingerprint density at radius 2 is 2.14 bits per heavy atom. The third kappa shape index (κ3) is 6.24. The van der Waals surface area contributed by atoms with Gasteiger partial charge in [-0.05, 0) is 20.8 Å². The van der Waals surface area contributed by atoms with Gasteiger partial charge in [-0.1, -0.05) is 0 Å². The number of rotatable bonds is 4. The van der Waals surface area contributed by atoms with Gasteiger partial charge >= 0.3 is 0 Å². The van der Waals surface area contributed by atoms with Crippen LogP contribution >= 0.6 is 0 Å². The maximum absolute atomic E-state index is 11.2. The lowest BCUT2D eigenvalue weighted by Crippen LogP contribution is -2.42. The van der Waals surface area contributed by atoms with E-state index in [1.165, 1.54) is 0 Å². The minimum Gasteiger partial charge on any atom is -0.356 e. The van der Waals surface area contributed by atoms with Crippen LogP contribution in [0.1, 0.15) is 20.8 Å². The molecular weight excluding hydrogens is 182 g/mol. The van der Waals surface area contributed by atoms with Gasteiger partial charge in [-0.3, -0.25) is 10.2 Å². The average Bonchev–Trinajstić information content (AvgIpc) is 2.11. The van der Waals surface area contributed by atoms with Gasteiger partial charge in [-0.2, -0.15) is 0 Å². The second kappa shape index (κ2) is 7.14. The highest BCUT2D eigenvalue weighted by atomic mass is 16.1. The molecule has 0 saturated carbocycles. The Hall–Kier alpha value is -1.30. The molecule has 6 heteroatoms. The van der Waals surface area contributed by atoms with E-state index in [-0.39, 0.29) is 18.5 Å². The molecule has 0 unspecified atom stereocenters. The quantitative estimate of drug-likeness (QED) is 0.202. The van der Waals surface area contributed by atoms with E-state index in [0.717, 1.165) is 0 Å². The molecule has 0 fully saturated rings. The maximum Gasteiger partial charge on any atom is 0.242 e. The number of hydrazine groups is 1. The minimum absolute atomic E-state index is 0.0741. The van der Waals surface area contributed by atoms with E-state index in [2.05, 4.69) is 21.1 Å². The first-order valence-electron chi connectivity index (χ1n) is 4.64. The molecule has 0 spiro atoms. The molecule has 0 aliphatic heterocycles. The second-order valence-electron chi connectivity index (χ2n) is 3.06. The largest absolute Gasteiger partial charge is 0.356 e. The number of guanidine groups is 1. The number of hydrogen-bond acceptors (Lipinski definition) is 3. The first kappa shape index (κ1) is 12.7. The molecule has 82 valence electrons. The van der Waals surface area contributed by atoms with E-state index in [4.69, 9.17) is 5.84 Å². The molecule has 0 bridgehead atoms. The molecule has 0 heterocycles. The molecule has 14 heavy (non-hydrogen) atoms. The molecule has 1 amide bonds. The van der Waals surface area contributed by atoms with E-state index in [1.807, 2.05) is 20.8 Å². The van der Waals surface area contributed by atoms with Crippen LogP contribution in [0.4, 0.5) is 0 Å². The zero-order chi connectivity index (χ0) is 11.0. The van der Waals surface area contributed by atoms with Crippen molar-refractivity contribution in [3.63, 3.8) is 0 Å². The fourth-order valence-electron chi connectivity index (χ4n) is 0.839.